The van der Waals surface area contributed by atoms with Crippen LogP contribution in [-0.2, 0) is 6.54 Å². The molecule has 80 valence electrons. The molecular formula is C11H8IN3S. The molecule has 0 saturated heterocycles. The molecule has 0 radical (unpaired) electrons. The Labute approximate surface area is 110 Å². The molecule has 1 aromatic carbocycles. The molecule has 0 saturated carbocycles. The Morgan fingerprint density at radius 3 is 2.94 bits per heavy atom. The lowest BCUT2D eigenvalue weighted by molar-refractivity contribution is 0.684. The van der Waals surface area contributed by atoms with E-state index < -0.39 is 0 Å². The second-order valence-electron chi connectivity index (χ2n) is 3.43. The summed E-state index contributed by atoms with van der Waals surface area (Å²) in [5.74, 6) is 0. The minimum Gasteiger partial charge on any atom is -0.265 e. The maximum Gasteiger partial charge on any atom is 0.115 e. The summed E-state index contributed by atoms with van der Waals surface area (Å²) in [5.41, 5.74) is 1.07. The first-order valence-corrected chi connectivity index (χ1v) is 6.73. The van der Waals surface area contributed by atoms with Crippen LogP contribution < -0.4 is 0 Å². The summed E-state index contributed by atoms with van der Waals surface area (Å²) in [6.07, 6.45) is 3.88. The van der Waals surface area contributed by atoms with Crippen LogP contribution in [0.5, 0.6) is 0 Å². The van der Waals surface area contributed by atoms with Crippen LogP contribution in [0, 0.1) is 3.57 Å². The van der Waals surface area contributed by atoms with Crippen LogP contribution in [0.15, 0.2) is 36.7 Å². The zero-order valence-corrected chi connectivity index (χ0v) is 11.3. The summed E-state index contributed by atoms with van der Waals surface area (Å²) in [6, 6.07) is 8.20. The fourth-order valence-corrected chi connectivity index (χ4v) is 2.96. The van der Waals surface area contributed by atoms with Gasteiger partial charge in [0.05, 0.1) is 26.5 Å². The highest BCUT2D eigenvalue weighted by atomic mass is 127. The fraction of sp³-hybridized carbons (Fsp3) is 0.0909. The standard InChI is InChI=1S/C11H8IN3S/c12-8-5-13-15(6-8)7-11-14-9-3-1-2-4-10(9)16-11/h1-6H,7H2. The van der Waals surface area contributed by atoms with E-state index in [4.69, 9.17) is 0 Å². The largest absolute Gasteiger partial charge is 0.265 e. The van der Waals surface area contributed by atoms with Gasteiger partial charge in [-0.1, -0.05) is 12.1 Å². The zero-order chi connectivity index (χ0) is 11.0. The quantitative estimate of drug-likeness (QED) is 0.671. The summed E-state index contributed by atoms with van der Waals surface area (Å²) in [4.78, 5) is 4.57. The topological polar surface area (TPSA) is 30.7 Å². The van der Waals surface area contributed by atoms with Crippen molar-refractivity contribution in [3.63, 3.8) is 0 Å². The van der Waals surface area contributed by atoms with Gasteiger partial charge in [0.2, 0.25) is 0 Å². The van der Waals surface area contributed by atoms with Crippen LogP contribution >= 0.6 is 33.9 Å². The van der Waals surface area contributed by atoms with Crippen molar-refractivity contribution in [2.45, 2.75) is 6.54 Å². The Bertz CT molecular complexity index is 596. The van der Waals surface area contributed by atoms with E-state index in [1.807, 2.05) is 35.3 Å². The van der Waals surface area contributed by atoms with E-state index in [0.29, 0.717) is 0 Å². The van der Waals surface area contributed by atoms with E-state index in [0.717, 1.165) is 20.6 Å². The predicted octanol–water partition coefficient (Wildman–Crippen LogP) is 3.15. The number of hydrogen-bond acceptors (Lipinski definition) is 3. The third-order valence-corrected chi connectivity index (χ3v) is 3.82. The van der Waals surface area contributed by atoms with E-state index in [1.54, 1.807) is 11.3 Å². The average Bonchev–Trinajstić information content (AvgIpc) is 2.84. The molecule has 0 amide bonds. The van der Waals surface area contributed by atoms with Gasteiger partial charge in [-0.25, -0.2) is 4.98 Å². The Kier molecular flexibility index (Phi) is 2.64. The van der Waals surface area contributed by atoms with Crippen molar-refractivity contribution in [3.8, 4) is 0 Å². The van der Waals surface area contributed by atoms with Crippen LogP contribution in [0.1, 0.15) is 5.01 Å². The van der Waals surface area contributed by atoms with Crippen LogP contribution in [0.4, 0.5) is 0 Å². The first-order chi connectivity index (χ1) is 7.81. The minimum absolute atomic E-state index is 0.752. The summed E-state index contributed by atoms with van der Waals surface area (Å²) >= 11 is 3.98. The van der Waals surface area contributed by atoms with Crippen molar-refractivity contribution in [2.75, 3.05) is 0 Å². The van der Waals surface area contributed by atoms with Gasteiger partial charge < -0.3 is 0 Å². The predicted molar refractivity (Wildman–Crippen MR) is 73.7 cm³/mol. The van der Waals surface area contributed by atoms with Gasteiger partial charge in [-0.15, -0.1) is 11.3 Å². The van der Waals surface area contributed by atoms with Crippen molar-refractivity contribution in [1.82, 2.24) is 14.8 Å². The molecule has 0 N–H and O–H groups in total. The molecule has 16 heavy (non-hydrogen) atoms. The van der Waals surface area contributed by atoms with Gasteiger partial charge in [0.25, 0.3) is 0 Å². The van der Waals surface area contributed by atoms with E-state index in [9.17, 15) is 0 Å². The number of fused-ring (bicyclic) bond motifs is 1. The summed E-state index contributed by atoms with van der Waals surface area (Å²) in [6.45, 7) is 0.752. The van der Waals surface area contributed by atoms with Crippen LogP contribution in [-0.4, -0.2) is 14.8 Å². The summed E-state index contributed by atoms with van der Waals surface area (Å²) < 4.78 is 4.30. The van der Waals surface area contributed by atoms with E-state index in [-0.39, 0.29) is 0 Å². The van der Waals surface area contributed by atoms with Crippen molar-refractivity contribution in [3.05, 3.63) is 45.2 Å². The molecule has 5 heteroatoms. The molecule has 0 spiro atoms. The lowest BCUT2D eigenvalue weighted by atomic mass is 10.3. The highest BCUT2D eigenvalue weighted by Crippen LogP contribution is 2.22. The van der Waals surface area contributed by atoms with E-state index >= 15 is 0 Å². The van der Waals surface area contributed by atoms with Crippen LogP contribution in [0.3, 0.4) is 0 Å². The van der Waals surface area contributed by atoms with Gasteiger partial charge >= 0.3 is 0 Å². The second kappa shape index (κ2) is 4.14. The Morgan fingerprint density at radius 2 is 2.19 bits per heavy atom. The van der Waals surface area contributed by atoms with Crippen LogP contribution in [0.2, 0.25) is 0 Å². The molecule has 0 aliphatic carbocycles. The molecular weight excluding hydrogens is 333 g/mol. The monoisotopic (exact) mass is 341 g/mol. The lowest BCUT2D eigenvalue weighted by Crippen LogP contribution is -1.98. The number of halogens is 1. The number of nitrogens with zero attached hydrogens (tertiary/aromatic N) is 3. The number of aromatic nitrogens is 3. The number of hydrogen-bond donors (Lipinski definition) is 0. The third kappa shape index (κ3) is 1.97. The first-order valence-electron chi connectivity index (χ1n) is 4.84. The molecule has 0 fully saturated rings. The molecule has 2 heterocycles. The van der Waals surface area contributed by atoms with E-state index in [2.05, 4.69) is 38.7 Å². The molecule has 3 rings (SSSR count). The van der Waals surface area contributed by atoms with Crippen LogP contribution in [0.25, 0.3) is 10.2 Å². The molecule has 0 atom stereocenters. The molecule has 3 nitrogen and oxygen atoms in total. The summed E-state index contributed by atoms with van der Waals surface area (Å²) in [7, 11) is 0. The number of rotatable bonds is 2. The van der Waals surface area contributed by atoms with Gasteiger partial charge in [0.15, 0.2) is 0 Å². The molecule has 3 aromatic rings. The fourth-order valence-electron chi connectivity index (χ4n) is 1.55. The number of para-hydroxylation sites is 1. The van der Waals surface area contributed by atoms with Gasteiger partial charge in [-0.05, 0) is 34.7 Å². The average molecular weight is 341 g/mol. The maximum absolute atomic E-state index is 4.57. The zero-order valence-electron chi connectivity index (χ0n) is 8.30. The molecule has 0 aliphatic heterocycles. The highest BCUT2D eigenvalue weighted by Gasteiger charge is 2.04. The summed E-state index contributed by atoms with van der Waals surface area (Å²) in [5, 5.41) is 5.35. The van der Waals surface area contributed by atoms with E-state index in [1.165, 1.54) is 4.70 Å². The van der Waals surface area contributed by atoms with Crippen molar-refractivity contribution in [2.24, 2.45) is 0 Å². The minimum atomic E-state index is 0.752. The first kappa shape index (κ1) is 10.2. The number of benzene rings is 1. The van der Waals surface area contributed by atoms with Crippen molar-refractivity contribution in [1.29, 1.82) is 0 Å². The molecule has 0 bridgehead atoms. The Hall–Kier alpha value is -0.950. The molecule has 0 aliphatic rings. The van der Waals surface area contributed by atoms with Crippen molar-refractivity contribution < 1.29 is 0 Å². The lowest BCUT2D eigenvalue weighted by Gasteiger charge is -1.94. The normalized spacial score (nSPS) is 11.1. The van der Waals surface area contributed by atoms with Gasteiger partial charge in [-0.3, -0.25) is 4.68 Å². The smallest absolute Gasteiger partial charge is 0.115 e. The van der Waals surface area contributed by atoms with Gasteiger partial charge in [-0.2, -0.15) is 5.10 Å². The van der Waals surface area contributed by atoms with Crippen molar-refractivity contribution >= 4 is 44.1 Å². The molecule has 2 aromatic heterocycles. The second-order valence-corrected chi connectivity index (χ2v) is 5.79. The SMILES string of the molecule is Ic1cnn(Cc2nc3ccccc3s2)c1. The van der Waals surface area contributed by atoms with Gasteiger partial charge in [0.1, 0.15) is 5.01 Å². The van der Waals surface area contributed by atoms with Gasteiger partial charge in [0, 0.05) is 6.20 Å². The Morgan fingerprint density at radius 1 is 1.31 bits per heavy atom. The highest BCUT2D eigenvalue weighted by molar-refractivity contribution is 14.1. The molecule has 0 unspecified atom stereocenters. The number of thiazole rings is 1. The maximum atomic E-state index is 4.57. The Balaban J connectivity index is 1.95. The third-order valence-electron chi connectivity index (χ3n) is 2.24.